The Labute approximate surface area is 196 Å². The van der Waals surface area contributed by atoms with E-state index in [0.29, 0.717) is 18.9 Å². The molecule has 2 aromatic carbocycles. The lowest BCUT2D eigenvalue weighted by atomic mass is 10.1. The molecule has 0 heterocycles. The van der Waals surface area contributed by atoms with E-state index >= 15 is 0 Å². The second kappa shape index (κ2) is 12.2. The molecule has 180 valence electrons. The molecular weight excluding hydrogens is 442 g/mol. The van der Waals surface area contributed by atoms with Gasteiger partial charge in [-0.05, 0) is 38.0 Å². The zero-order chi connectivity index (χ0) is 24.4. The highest BCUT2D eigenvalue weighted by Crippen LogP contribution is 2.30. The highest BCUT2D eigenvalue weighted by Gasteiger charge is 2.31. The predicted molar refractivity (Wildman–Crippen MR) is 130 cm³/mol. The molecule has 0 saturated heterocycles. The molecule has 33 heavy (non-hydrogen) atoms. The molecule has 0 radical (unpaired) electrons. The van der Waals surface area contributed by atoms with Crippen LogP contribution in [0.1, 0.15) is 32.8 Å². The molecule has 0 bridgehead atoms. The fourth-order valence-electron chi connectivity index (χ4n) is 3.29. The second-order valence-corrected chi connectivity index (χ2v) is 9.55. The maximum Gasteiger partial charge on any atom is 0.244 e. The number of hydrogen-bond acceptors (Lipinski definition) is 5. The van der Waals surface area contributed by atoms with Crippen LogP contribution in [0.3, 0.4) is 0 Å². The van der Waals surface area contributed by atoms with Gasteiger partial charge in [-0.25, -0.2) is 8.42 Å². The van der Waals surface area contributed by atoms with Crippen LogP contribution in [0.2, 0.25) is 0 Å². The molecule has 0 aliphatic carbocycles. The average molecular weight is 476 g/mol. The molecule has 2 rings (SSSR count). The molecule has 0 aliphatic heterocycles. The molecule has 2 amide bonds. The largest absolute Gasteiger partial charge is 0.492 e. The molecule has 8 nitrogen and oxygen atoms in total. The van der Waals surface area contributed by atoms with Gasteiger partial charge in [0.2, 0.25) is 21.8 Å². The van der Waals surface area contributed by atoms with Gasteiger partial charge in [0, 0.05) is 13.1 Å². The summed E-state index contributed by atoms with van der Waals surface area (Å²) in [6, 6.07) is 15.2. The number of anilines is 1. The van der Waals surface area contributed by atoms with Gasteiger partial charge in [-0.2, -0.15) is 0 Å². The maximum absolute atomic E-state index is 13.5. The predicted octanol–water partition coefficient (Wildman–Crippen LogP) is 2.79. The van der Waals surface area contributed by atoms with Crippen LogP contribution in [-0.2, 0) is 26.2 Å². The molecule has 1 atom stereocenters. The van der Waals surface area contributed by atoms with Crippen molar-refractivity contribution >= 4 is 27.5 Å². The first kappa shape index (κ1) is 26.2. The minimum Gasteiger partial charge on any atom is -0.492 e. The Morgan fingerprint density at radius 1 is 1.03 bits per heavy atom. The van der Waals surface area contributed by atoms with Gasteiger partial charge in [-0.15, -0.1) is 0 Å². The quantitative estimate of drug-likeness (QED) is 0.509. The third-order valence-electron chi connectivity index (χ3n) is 5.03. The van der Waals surface area contributed by atoms with Gasteiger partial charge in [0.1, 0.15) is 18.3 Å². The van der Waals surface area contributed by atoms with Gasteiger partial charge in [0.25, 0.3) is 0 Å². The van der Waals surface area contributed by atoms with E-state index in [1.165, 1.54) is 4.90 Å². The molecule has 0 saturated carbocycles. The number of para-hydroxylation sites is 2. The Morgan fingerprint density at radius 2 is 1.67 bits per heavy atom. The fraction of sp³-hybridized carbons (Fsp3) is 0.417. The molecule has 0 fully saturated rings. The average Bonchev–Trinajstić information content (AvgIpc) is 2.79. The van der Waals surface area contributed by atoms with Crippen LogP contribution in [0.15, 0.2) is 54.6 Å². The van der Waals surface area contributed by atoms with E-state index in [1.807, 2.05) is 37.3 Å². The maximum atomic E-state index is 13.5. The monoisotopic (exact) mass is 475 g/mol. The summed E-state index contributed by atoms with van der Waals surface area (Å²) >= 11 is 0. The molecular formula is C24H33N3O5S. The molecule has 2 aromatic rings. The van der Waals surface area contributed by atoms with Crippen LogP contribution in [0.4, 0.5) is 5.69 Å². The van der Waals surface area contributed by atoms with Crippen molar-refractivity contribution in [2.24, 2.45) is 0 Å². The van der Waals surface area contributed by atoms with Crippen molar-refractivity contribution in [3.8, 4) is 5.75 Å². The Balaban J connectivity index is 2.39. The van der Waals surface area contributed by atoms with E-state index in [0.717, 1.165) is 22.5 Å². The second-order valence-electron chi connectivity index (χ2n) is 7.64. The summed E-state index contributed by atoms with van der Waals surface area (Å²) < 4.78 is 31.9. The minimum absolute atomic E-state index is 0.172. The first-order chi connectivity index (χ1) is 15.7. The van der Waals surface area contributed by atoms with E-state index in [9.17, 15) is 18.0 Å². The number of amides is 2. The van der Waals surface area contributed by atoms with Gasteiger partial charge >= 0.3 is 0 Å². The summed E-state index contributed by atoms with van der Waals surface area (Å²) in [5.41, 5.74) is 1.11. The smallest absolute Gasteiger partial charge is 0.244 e. The lowest BCUT2D eigenvalue weighted by Crippen LogP contribution is -2.51. The Hall–Kier alpha value is -3.07. The van der Waals surface area contributed by atoms with E-state index in [1.54, 1.807) is 38.1 Å². The van der Waals surface area contributed by atoms with Crippen LogP contribution < -0.4 is 14.4 Å². The molecule has 0 spiro atoms. The fourth-order valence-corrected chi connectivity index (χ4v) is 4.15. The van der Waals surface area contributed by atoms with Crippen LogP contribution in [0.25, 0.3) is 0 Å². The number of carbonyl (C=O) groups excluding carboxylic acids is 2. The number of rotatable bonds is 12. The third kappa shape index (κ3) is 7.49. The third-order valence-corrected chi connectivity index (χ3v) is 6.15. The Kier molecular flexibility index (Phi) is 9.72. The van der Waals surface area contributed by atoms with Crippen molar-refractivity contribution in [2.45, 2.75) is 39.8 Å². The number of carbonyl (C=O) groups is 2. The van der Waals surface area contributed by atoms with Crippen molar-refractivity contribution in [3.63, 3.8) is 0 Å². The van der Waals surface area contributed by atoms with Crippen molar-refractivity contribution in [1.82, 2.24) is 10.2 Å². The summed E-state index contributed by atoms with van der Waals surface area (Å²) in [6.45, 7) is 5.94. The van der Waals surface area contributed by atoms with Crippen LogP contribution >= 0.6 is 0 Å². The van der Waals surface area contributed by atoms with Gasteiger partial charge in [-0.3, -0.25) is 13.9 Å². The normalized spacial score (nSPS) is 12.0. The highest BCUT2D eigenvalue weighted by atomic mass is 32.2. The molecule has 0 unspecified atom stereocenters. The topological polar surface area (TPSA) is 96.0 Å². The van der Waals surface area contributed by atoms with E-state index < -0.39 is 28.5 Å². The number of sulfonamides is 1. The highest BCUT2D eigenvalue weighted by molar-refractivity contribution is 7.92. The van der Waals surface area contributed by atoms with E-state index in [4.69, 9.17) is 4.74 Å². The number of ether oxygens (including phenoxy) is 1. The van der Waals surface area contributed by atoms with Crippen LogP contribution in [0.5, 0.6) is 5.75 Å². The summed E-state index contributed by atoms with van der Waals surface area (Å²) in [5, 5.41) is 2.81. The van der Waals surface area contributed by atoms with E-state index in [-0.39, 0.29) is 18.1 Å². The molecule has 9 heteroatoms. The zero-order valence-corrected chi connectivity index (χ0v) is 20.5. The molecule has 1 N–H and O–H groups in total. The minimum atomic E-state index is -3.82. The summed E-state index contributed by atoms with van der Waals surface area (Å²) in [7, 11) is -3.82. The van der Waals surface area contributed by atoms with Gasteiger partial charge in [0.05, 0.1) is 18.6 Å². The van der Waals surface area contributed by atoms with E-state index in [2.05, 4.69) is 5.32 Å². The first-order valence-electron chi connectivity index (χ1n) is 11.0. The van der Waals surface area contributed by atoms with Gasteiger partial charge < -0.3 is 15.0 Å². The molecule has 0 aromatic heterocycles. The lowest BCUT2D eigenvalue weighted by molar-refractivity contribution is -0.139. The number of nitrogens with one attached hydrogen (secondary N) is 1. The summed E-state index contributed by atoms with van der Waals surface area (Å²) in [6.07, 6.45) is 1.81. The zero-order valence-electron chi connectivity index (χ0n) is 19.7. The Bertz CT molecular complexity index is 1030. The summed E-state index contributed by atoms with van der Waals surface area (Å²) in [5.74, 6) is -0.418. The standard InChI is InChI=1S/C24H33N3O5S/c1-5-16-25-24(29)19(3)26(17-20-12-8-7-9-13-20)23(28)18-27(33(4,30)31)21-14-10-11-15-22(21)32-6-2/h7-15,19H,5-6,16-18H2,1-4H3,(H,25,29)/t19-/m0/s1. The van der Waals surface area contributed by atoms with Crippen molar-refractivity contribution in [3.05, 3.63) is 60.2 Å². The molecule has 0 aliphatic rings. The van der Waals surface area contributed by atoms with Crippen molar-refractivity contribution in [1.29, 1.82) is 0 Å². The number of nitrogens with zero attached hydrogens (tertiary/aromatic N) is 2. The van der Waals surface area contributed by atoms with Crippen molar-refractivity contribution in [2.75, 3.05) is 30.3 Å². The number of hydrogen-bond donors (Lipinski definition) is 1. The first-order valence-corrected chi connectivity index (χ1v) is 12.8. The van der Waals surface area contributed by atoms with Gasteiger partial charge in [-0.1, -0.05) is 49.4 Å². The number of benzene rings is 2. The van der Waals surface area contributed by atoms with Crippen LogP contribution in [-0.4, -0.2) is 57.1 Å². The van der Waals surface area contributed by atoms with Crippen LogP contribution in [0, 0.1) is 0 Å². The Morgan fingerprint density at radius 3 is 2.27 bits per heavy atom. The van der Waals surface area contributed by atoms with Gasteiger partial charge in [0.15, 0.2) is 0 Å². The summed E-state index contributed by atoms with van der Waals surface area (Å²) in [4.78, 5) is 27.5. The van der Waals surface area contributed by atoms with Crippen molar-refractivity contribution < 1.29 is 22.7 Å². The SMILES string of the molecule is CCCNC(=O)[C@H](C)N(Cc1ccccc1)C(=O)CN(c1ccccc1OCC)S(C)(=O)=O. The lowest BCUT2D eigenvalue weighted by Gasteiger charge is -2.31.